The van der Waals surface area contributed by atoms with Gasteiger partial charge in [0.15, 0.2) is 0 Å². The molecule has 0 fully saturated rings. The van der Waals surface area contributed by atoms with Crippen molar-refractivity contribution in [2.75, 3.05) is 0 Å². The Labute approximate surface area is 147 Å². The lowest BCUT2D eigenvalue weighted by atomic mass is 10.1. The number of hydrogen-bond acceptors (Lipinski definition) is 1. The van der Waals surface area contributed by atoms with Gasteiger partial charge in [0.1, 0.15) is 0 Å². The summed E-state index contributed by atoms with van der Waals surface area (Å²) in [5, 5.41) is 8.52. The predicted molar refractivity (Wildman–Crippen MR) is 104 cm³/mol. The molecule has 0 aliphatic rings. The maximum atomic E-state index is 10.3. The van der Waals surface area contributed by atoms with E-state index in [1.54, 1.807) is 0 Å². The number of carboxylic acids is 1. The van der Waals surface area contributed by atoms with Crippen molar-refractivity contribution in [2.45, 2.75) is 64.7 Å². The van der Waals surface area contributed by atoms with Crippen LogP contribution in [0, 0.1) is 0 Å². The standard InChI is InChI=1S/C22H32O2/c1-2-3-4-5-6-7-8-9-10-11-12-13-14-15-16-17-18-19-20-21-22(23)24/h3-4,6-7,9,11-15H,2,5,8,16-21H2,1H3,(H,23,24)/b4-3+,7-6+,13-12+,15-14+. The highest BCUT2D eigenvalue weighted by atomic mass is 16.4. The molecule has 24 heavy (non-hydrogen) atoms. The molecule has 2 nitrogen and oxygen atoms in total. The number of hydrogen-bond donors (Lipinski definition) is 1. The topological polar surface area (TPSA) is 37.3 Å². The van der Waals surface area contributed by atoms with E-state index in [1.807, 2.05) is 24.3 Å². The normalized spacial score (nSPS) is 11.7. The summed E-state index contributed by atoms with van der Waals surface area (Å²) >= 11 is 0. The molecular formula is C22H32O2. The van der Waals surface area contributed by atoms with Gasteiger partial charge in [0, 0.05) is 6.42 Å². The number of aliphatic carboxylic acids is 1. The highest BCUT2D eigenvalue weighted by Crippen LogP contribution is 2.05. The number of unbranched alkanes of at least 4 members (excludes halogenated alkanes) is 4. The summed E-state index contributed by atoms with van der Waals surface area (Å²) in [6.45, 7) is 2.14. The molecule has 0 aliphatic heterocycles. The van der Waals surface area contributed by atoms with Crippen LogP contribution in [-0.4, -0.2) is 11.1 Å². The van der Waals surface area contributed by atoms with E-state index in [0.717, 1.165) is 51.4 Å². The van der Waals surface area contributed by atoms with E-state index in [4.69, 9.17) is 5.11 Å². The first-order valence-electron chi connectivity index (χ1n) is 9.02. The van der Waals surface area contributed by atoms with E-state index >= 15 is 0 Å². The molecule has 0 aromatic heterocycles. The third kappa shape index (κ3) is 19.9. The minimum absolute atomic E-state index is 0.296. The van der Waals surface area contributed by atoms with Crippen LogP contribution < -0.4 is 0 Å². The molecular weight excluding hydrogens is 296 g/mol. The van der Waals surface area contributed by atoms with Crippen molar-refractivity contribution in [3.8, 4) is 0 Å². The van der Waals surface area contributed by atoms with E-state index in [2.05, 4.69) is 49.1 Å². The summed E-state index contributed by atoms with van der Waals surface area (Å²) in [5.74, 6) is -0.692. The minimum Gasteiger partial charge on any atom is -0.481 e. The van der Waals surface area contributed by atoms with Crippen LogP contribution >= 0.6 is 0 Å². The lowest BCUT2D eigenvalue weighted by Gasteiger charge is -1.96. The summed E-state index contributed by atoms with van der Waals surface area (Å²) in [6, 6.07) is 0. The van der Waals surface area contributed by atoms with Crippen molar-refractivity contribution in [2.24, 2.45) is 0 Å². The third-order valence-electron chi connectivity index (χ3n) is 3.28. The van der Waals surface area contributed by atoms with Gasteiger partial charge < -0.3 is 5.11 Å². The molecule has 132 valence electrons. The van der Waals surface area contributed by atoms with E-state index < -0.39 is 5.97 Å². The van der Waals surface area contributed by atoms with Gasteiger partial charge in [0.2, 0.25) is 0 Å². The van der Waals surface area contributed by atoms with Crippen LogP contribution in [0.2, 0.25) is 0 Å². The first kappa shape index (κ1) is 21.9. The lowest BCUT2D eigenvalue weighted by Crippen LogP contribution is -1.93. The van der Waals surface area contributed by atoms with Crippen LogP contribution in [0.1, 0.15) is 64.7 Å². The molecule has 0 aromatic carbocycles. The average molecular weight is 328 g/mol. The molecule has 0 amide bonds. The molecule has 0 heterocycles. The van der Waals surface area contributed by atoms with Gasteiger partial charge in [-0.1, -0.05) is 68.4 Å². The van der Waals surface area contributed by atoms with Gasteiger partial charge in [-0.25, -0.2) is 0 Å². The Kier molecular flexibility index (Phi) is 17.4. The first-order valence-corrected chi connectivity index (χ1v) is 9.02. The van der Waals surface area contributed by atoms with E-state index in [-0.39, 0.29) is 0 Å². The van der Waals surface area contributed by atoms with Crippen LogP contribution in [-0.2, 0) is 4.79 Å². The predicted octanol–water partition coefficient (Wildman–Crippen LogP) is 6.54. The smallest absolute Gasteiger partial charge is 0.303 e. The minimum atomic E-state index is -0.692. The molecule has 0 atom stereocenters. The third-order valence-corrected chi connectivity index (χ3v) is 3.28. The fourth-order valence-electron chi connectivity index (χ4n) is 1.98. The number of allylic oxidation sites excluding steroid dienone is 9. The Morgan fingerprint density at radius 1 is 0.875 bits per heavy atom. The fraction of sp³-hybridized carbons (Fsp3) is 0.455. The molecule has 0 unspecified atom stereocenters. The second kappa shape index (κ2) is 19.0. The quantitative estimate of drug-likeness (QED) is 0.170. The molecule has 2 heteroatoms. The van der Waals surface area contributed by atoms with Crippen LogP contribution in [0.15, 0.2) is 66.5 Å². The Morgan fingerprint density at radius 3 is 2.42 bits per heavy atom. The molecule has 0 saturated heterocycles. The Balaban J connectivity index is 3.56. The highest BCUT2D eigenvalue weighted by Gasteiger charge is 1.95. The fourth-order valence-corrected chi connectivity index (χ4v) is 1.98. The Bertz CT molecular complexity index is 472. The number of carbonyl (C=O) groups is 1. The van der Waals surface area contributed by atoms with Crippen molar-refractivity contribution >= 4 is 5.97 Å². The van der Waals surface area contributed by atoms with Gasteiger partial charge in [-0.15, -0.1) is 5.73 Å². The van der Waals surface area contributed by atoms with Crippen molar-refractivity contribution in [1.82, 2.24) is 0 Å². The van der Waals surface area contributed by atoms with Gasteiger partial charge in [-0.3, -0.25) is 4.79 Å². The SMILES string of the molecule is CC/C=C/C/C=C/CC=C=C/C=C/C=C/CCCCCCC(=O)O. The van der Waals surface area contributed by atoms with Gasteiger partial charge in [-0.2, -0.15) is 0 Å². The van der Waals surface area contributed by atoms with Crippen LogP contribution in [0.4, 0.5) is 0 Å². The summed E-state index contributed by atoms with van der Waals surface area (Å²) in [4.78, 5) is 10.3. The van der Waals surface area contributed by atoms with Gasteiger partial charge in [0.05, 0.1) is 0 Å². The van der Waals surface area contributed by atoms with Gasteiger partial charge >= 0.3 is 5.97 Å². The Hall–Kier alpha value is -2.05. The van der Waals surface area contributed by atoms with Crippen molar-refractivity contribution in [1.29, 1.82) is 0 Å². The summed E-state index contributed by atoms with van der Waals surface area (Å²) in [5.41, 5.74) is 3.13. The van der Waals surface area contributed by atoms with Gasteiger partial charge in [0.25, 0.3) is 0 Å². The van der Waals surface area contributed by atoms with E-state index in [1.165, 1.54) is 0 Å². The second-order valence-electron chi connectivity index (χ2n) is 5.52. The van der Waals surface area contributed by atoms with E-state index in [9.17, 15) is 4.79 Å². The highest BCUT2D eigenvalue weighted by molar-refractivity contribution is 5.66. The molecule has 0 rings (SSSR count). The average Bonchev–Trinajstić information content (AvgIpc) is 2.56. The molecule has 0 aliphatic carbocycles. The van der Waals surface area contributed by atoms with Crippen LogP contribution in [0.25, 0.3) is 0 Å². The zero-order valence-corrected chi connectivity index (χ0v) is 15.0. The molecule has 0 saturated carbocycles. The largest absolute Gasteiger partial charge is 0.481 e. The molecule has 0 bridgehead atoms. The zero-order valence-electron chi connectivity index (χ0n) is 15.0. The summed E-state index contributed by atoms with van der Waals surface area (Å²) < 4.78 is 0. The first-order chi connectivity index (χ1) is 11.8. The summed E-state index contributed by atoms with van der Waals surface area (Å²) in [6.07, 6.45) is 29.2. The number of rotatable bonds is 14. The zero-order chi connectivity index (χ0) is 17.7. The number of carboxylic acid groups (broad SMARTS) is 1. The van der Waals surface area contributed by atoms with Crippen LogP contribution in [0.3, 0.4) is 0 Å². The Morgan fingerprint density at radius 2 is 1.62 bits per heavy atom. The maximum absolute atomic E-state index is 10.3. The molecule has 0 spiro atoms. The second-order valence-corrected chi connectivity index (χ2v) is 5.52. The van der Waals surface area contributed by atoms with E-state index in [0.29, 0.717) is 6.42 Å². The molecule has 1 N–H and O–H groups in total. The molecule has 0 radical (unpaired) electrons. The van der Waals surface area contributed by atoms with Crippen molar-refractivity contribution in [3.05, 3.63) is 66.5 Å². The van der Waals surface area contributed by atoms with Gasteiger partial charge in [-0.05, 0) is 50.7 Å². The van der Waals surface area contributed by atoms with Crippen LogP contribution in [0.5, 0.6) is 0 Å². The maximum Gasteiger partial charge on any atom is 0.303 e. The monoisotopic (exact) mass is 328 g/mol. The van der Waals surface area contributed by atoms with Crippen molar-refractivity contribution in [3.63, 3.8) is 0 Å². The lowest BCUT2D eigenvalue weighted by molar-refractivity contribution is -0.137. The van der Waals surface area contributed by atoms with Crippen molar-refractivity contribution < 1.29 is 9.90 Å². The summed E-state index contributed by atoms with van der Waals surface area (Å²) in [7, 11) is 0. The molecule has 0 aromatic rings.